The van der Waals surface area contributed by atoms with E-state index in [1.165, 1.54) is 24.0 Å². The molecule has 1 saturated heterocycles. The quantitative estimate of drug-likeness (QED) is 0.893. The van der Waals surface area contributed by atoms with Gasteiger partial charge in [0.05, 0.1) is 6.04 Å². The Morgan fingerprint density at radius 2 is 2.00 bits per heavy atom. The van der Waals surface area contributed by atoms with Gasteiger partial charge in [0.25, 0.3) is 0 Å². The molecular weight excluding hydrogens is 296 g/mol. The second kappa shape index (κ2) is 7.98. The number of halogens is 1. The molecule has 1 fully saturated rings. The number of piperidine rings is 1. The summed E-state index contributed by atoms with van der Waals surface area (Å²) in [5.41, 5.74) is 2.72. The molecule has 0 saturated carbocycles. The van der Waals surface area contributed by atoms with Crippen LogP contribution in [0.3, 0.4) is 0 Å². The number of rotatable bonds is 4. The molecule has 4 heteroatoms. The number of carbonyl (C=O) groups excluding carboxylic acids is 1. The van der Waals surface area contributed by atoms with Gasteiger partial charge in [0.1, 0.15) is 0 Å². The van der Waals surface area contributed by atoms with Crippen LogP contribution in [0.2, 0.25) is 0 Å². The molecule has 2 atom stereocenters. The molecule has 3 nitrogen and oxygen atoms in total. The van der Waals surface area contributed by atoms with E-state index in [0.29, 0.717) is 18.3 Å². The van der Waals surface area contributed by atoms with Crippen molar-refractivity contribution < 1.29 is 4.79 Å². The molecule has 122 valence electrons. The van der Waals surface area contributed by atoms with E-state index >= 15 is 0 Å². The maximum absolute atomic E-state index is 12.3. The minimum atomic E-state index is 0. The summed E-state index contributed by atoms with van der Waals surface area (Å²) in [6.07, 6.45) is 5.22. The summed E-state index contributed by atoms with van der Waals surface area (Å²) in [4.78, 5) is 12.3. The fourth-order valence-electron chi connectivity index (χ4n) is 3.83. The third kappa shape index (κ3) is 4.02. The van der Waals surface area contributed by atoms with E-state index in [2.05, 4.69) is 41.8 Å². The summed E-state index contributed by atoms with van der Waals surface area (Å²) < 4.78 is 0. The van der Waals surface area contributed by atoms with Gasteiger partial charge in [0.2, 0.25) is 5.91 Å². The predicted molar refractivity (Wildman–Crippen MR) is 92.3 cm³/mol. The average molecular weight is 323 g/mol. The van der Waals surface area contributed by atoms with Gasteiger partial charge >= 0.3 is 0 Å². The largest absolute Gasteiger partial charge is 0.349 e. The minimum Gasteiger partial charge on any atom is -0.349 e. The topological polar surface area (TPSA) is 41.1 Å². The fraction of sp³-hybridized carbons (Fsp3) is 0.611. The molecule has 2 aliphatic rings. The van der Waals surface area contributed by atoms with Crippen molar-refractivity contribution in [3.05, 3.63) is 35.4 Å². The first-order valence-electron chi connectivity index (χ1n) is 8.32. The van der Waals surface area contributed by atoms with E-state index in [-0.39, 0.29) is 24.4 Å². The smallest absolute Gasteiger partial charge is 0.220 e. The first kappa shape index (κ1) is 17.3. The lowest BCUT2D eigenvalue weighted by molar-refractivity contribution is -0.123. The molecule has 3 rings (SSSR count). The summed E-state index contributed by atoms with van der Waals surface area (Å²) in [5, 5.41) is 6.64. The van der Waals surface area contributed by atoms with Crippen molar-refractivity contribution in [2.75, 3.05) is 13.1 Å². The number of hydrogen-bond donors (Lipinski definition) is 2. The zero-order valence-electron chi connectivity index (χ0n) is 13.3. The van der Waals surface area contributed by atoms with Crippen molar-refractivity contribution in [2.24, 2.45) is 11.8 Å². The van der Waals surface area contributed by atoms with Gasteiger partial charge in [-0.3, -0.25) is 4.79 Å². The maximum atomic E-state index is 12.3. The lowest BCUT2D eigenvalue weighted by Gasteiger charge is -2.28. The van der Waals surface area contributed by atoms with Crippen molar-refractivity contribution in [2.45, 2.75) is 45.1 Å². The summed E-state index contributed by atoms with van der Waals surface area (Å²) in [6.45, 7) is 4.44. The molecule has 0 aromatic heterocycles. The van der Waals surface area contributed by atoms with Crippen LogP contribution in [0.15, 0.2) is 24.3 Å². The normalized spacial score (nSPS) is 22.5. The summed E-state index contributed by atoms with van der Waals surface area (Å²) in [5.74, 6) is 1.42. The molecule has 2 unspecified atom stereocenters. The van der Waals surface area contributed by atoms with Crippen molar-refractivity contribution in [3.63, 3.8) is 0 Å². The molecule has 1 amide bonds. The van der Waals surface area contributed by atoms with Crippen molar-refractivity contribution >= 4 is 18.3 Å². The number of fused-ring (bicyclic) bond motifs is 1. The monoisotopic (exact) mass is 322 g/mol. The third-order valence-electron chi connectivity index (χ3n) is 5.16. The number of benzene rings is 1. The lowest BCUT2D eigenvalue weighted by atomic mass is 9.84. The van der Waals surface area contributed by atoms with Crippen molar-refractivity contribution in [3.8, 4) is 0 Å². The van der Waals surface area contributed by atoms with Crippen LogP contribution < -0.4 is 10.6 Å². The Bertz CT molecular complexity index is 500. The molecule has 22 heavy (non-hydrogen) atoms. The van der Waals surface area contributed by atoms with Crippen LogP contribution in [0.4, 0.5) is 0 Å². The average Bonchev–Trinajstić information content (AvgIpc) is 2.91. The van der Waals surface area contributed by atoms with E-state index in [4.69, 9.17) is 0 Å². The van der Waals surface area contributed by atoms with Gasteiger partial charge in [-0.2, -0.15) is 0 Å². The van der Waals surface area contributed by atoms with Gasteiger partial charge in [-0.1, -0.05) is 31.2 Å². The first-order valence-corrected chi connectivity index (χ1v) is 8.32. The van der Waals surface area contributed by atoms with Crippen LogP contribution >= 0.6 is 12.4 Å². The zero-order valence-corrected chi connectivity index (χ0v) is 14.1. The van der Waals surface area contributed by atoms with Crippen molar-refractivity contribution in [1.82, 2.24) is 10.6 Å². The van der Waals surface area contributed by atoms with E-state index in [9.17, 15) is 4.79 Å². The van der Waals surface area contributed by atoms with Crippen LogP contribution in [0, 0.1) is 11.8 Å². The summed E-state index contributed by atoms with van der Waals surface area (Å²) in [6, 6.07) is 8.72. The minimum absolute atomic E-state index is 0. The summed E-state index contributed by atoms with van der Waals surface area (Å²) in [7, 11) is 0. The number of hydrogen-bond acceptors (Lipinski definition) is 2. The number of carbonyl (C=O) groups is 1. The second-order valence-electron chi connectivity index (χ2n) is 6.63. The molecule has 1 aromatic carbocycles. The Morgan fingerprint density at radius 3 is 2.77 bits per heavy atom. The van der Waals surface area contributed by atoms with Crippen LogP contribution in [0.1, 0.15) is 49.8 Å². The molecule has 1 aliphatic carbocycles. The Hall–Kier alpha value is -1.06. The van der Waals surface area contributed by atoms with E-state index in [1.54, 1.807) is 0 Å². The van der Waals surface area contributed by atoms with Crippen LogP contribution in [0.25, 0.3) is 0 Å². The molecule has 1 aliphatic heterocycles. The molecule has 1 heterocycles. The lowest BCUT2D eigenvalue weighted by Crippen LogP contribution is -2.34. The molecule has 0 spiro atoms. The number of aryl methyl sites for hydroxylation is 1. The second-order valence-corrected chi connectivity index (χ2v) is 6.63. The van der Waals surface area contributed by atoms with E-state index in [0.717, 1.165) is 25.9 Å². The summed E-state index contributed by atoms with van der Waals surface area (Å²) >= 11 is 0. The molecule has 2 N–H and O–H groups in total. The number of nitrogens with one attached hydrogen (secondary N) is 2. The number of amides is 1. The third-order valence-corrected chi connectivity index (χ3v) is 5.16. The van der Waals surface area contributed by atoms with E-state index < -0.39 is 0 Å². The molecular formula is C18H27ClN2O. The van der Waals surface area contributed by atoms with Gasteiger partial charge in [-0.25, -0.2) is 0 Å². The van der Waals surface area contributed by atoms with Gasteiger partial charge in [-0.05, 0) is 61.7 Å². The first-order chi connectivity index (χ1) is 10.2. The Kier molecular flexibility index (Phi) is 6.27. The Labute approximate surface area is 139 Å². The van der Waals surface area contributed by atoms with E-state index in [1.807, 2.05) is 0 Å². The van der Waals surface area contributed by atoms with Gasteiger partial charge in [-0.15, -0.1) is 12.4 Å². The predicted octanol–water partition coefficient (Wildman–Crippen LogP) is 3.24. The molecule has 0 radical (unpaired) electrons. The van der Waals surface area contributed by atoms with Crippen molar-refractivity contribution in [1.29, 1.82) is 0 Å². The highest BCUT2D eigenvalue weighted by Gasteiger charge is 2.26. The Balaban J connectivity index is 0.00000176. The highest BCUT2D eigenvalue weighted by atomic mass is 35.5. The van der Waals surface area contributed by atoms with Crippen LogP contribution in [0.5, 0.6) is 0 Å². The molecule has 1 aromatic rings. The van der Waals surface area contributed by atoms with Gasteiger partial charge in [0.15, 0.2) is 0 Å². The fourth-order valence-corrected chi connectivity index (χ4v) is 3.83. The Morgan fingerprint density at radius 1 is 1.27 bits per heavy atom. The SMILES string of the molecule is CC(CC(=O)NC1CCc2ccccc21)C1CCNCC1.Cl. The highest BCUT2D eigenvalue weighted by Crippen LogP contribution is 2.31. The van der Waals surface area contributed by atoms with Gasteiger partial charge < -0.3 is 10.6 Å². The van der Waals surface area contributed by atoms with Gasteiger partial charge in [0, 0.05) is 6.42 Å². The zero-order chi connectivity index (χ0) is 14.7. The van der Waals surface area contributed by atoms with Crippen LogP contribution in [-0.2, 0) is 11.2 Å². The van der Waals surface area contributed by atoms with Crippen LogP contribution in [-0.4, -0.2) is 19.0 Å². The standard InChI is InChI=1S/C18H26N2O.ClH/c1-13(14-8-10-19-11-9-14)12-18(21)20-17-7-6-15-4-2-3-5-16(15)17;/h2-5,13-14,17,19H,6-12H2,1H3,(H,20,21);1H. The highest BCUT2D eigenvalue weighted by molar-refractivity contribution is 5.85. The molecule has 0 bridgehead atoms. The maximum Gasteiger partial charge on any atom is 0.220 e.